The summed E-state index contributed by atoms with van der Waals surface area (Å²) in [6.45, 7) is 2.61. The molecule has 0 spiro atoms. The Morgan fingerprint density at radius 2 is 1.95 bits per heavy atom. The molecule has 0 aliphatic carbocycles. The lowest BCUT2D eigenvalue weighted by atomic mass is 10.0. The van der Waals surface area contributed by atoms with E-state index in [4.69, 9.17) is 0 Å². The first-order valence-corrected chi connectivity index (χ1v) is 7.02. The molecule has 110 valence electrons. The van der Waals surface area contributed by atoms with E-state index >= 15 is 0 Å². The van der Waals surface area contributed by atoms with Crippen LogP contribution in [0.2, 0.25) is 0 Å². The van der Waals surface area contributed by atoms with Gasteiger partial charge in [-0.1, -0.05) is 22.9 Å². The molecule has 2 unspecified atom stereocenters. The molecule has 8 heteroatoms. The van der Waals surface area contributed by atoms with Gasteiger partial charge in [-0.2, -0.15) is 13.2 Å². The second-order valence-electron chi connectivity index (χ2n) is 4.88. The molecule has 4 nitrogen and oxygen atoms in total. The summed E-state index contributed by atoms with van der Waals surface area (Å²) in [5.41, 5.74) is -2.80. The molecule has 1 fully saturated rings. The largest absolute Gasteiger partial charge is 0.420 e. The lowest BCUT2D eigenvalue weighted by Crippen LogP contribution is -2.56. The SMILES string of the molecule is CC(CCBr)CCN1C(=O)NC(C)(C(F)(F)F)C1=O. The van der Waals surface area contributed by atoms with Gasteiger partial charge >= 0.3 is 12.2 Å². The van der Waals surface area contributed by atoms with E-state index in [0.29, 0.717) is 18.2 Å². The van der Waals surface area contributed by atoms with E-state index in [1.165, 1.54) is 0 Å². The van der Waals surface area contributed by atoms with Crippen LogP contribution in [0, 0.1) is 5.92 Å². The van der Waals surface area contributed by atoms with Gasteiger partial charge in [0.1, 0.15) is 0 Å². The number of hydrogen-bond acceptors (Lipinski definition) is 2. The summed E-state index contributed by atoms with van der Waals surface area (Å²) in [6.07, 6.45) is -3.48. The van der Waals surface area contributed by atoms with E-state index in [9.17, 15) is 22.8 Å². The smallest absolute Gasteiger partial charge is 0.316 e. The fraction of sp³-hybridized carbons (Fsp3) is 0.818. The normalized spacial score (nSPS) is 25.7. The van der Waals surface area contributed by atoms with Crippen molar-refractivity contribution in [2.24, 2.45) is 5.92 Å². The molecule has 3 amide bonds. The highest BCUT2D eigenvalue weighted by Gasteiger charge is 2.64. The molecule has 0 saturated carbocycles. The van der Waals surface area contributed by atoms with Crippen LogP contribution in [-0.2, 0) is 4.79 Å². The summed E-state index contributed by atoms with van der Waals surface area (Å²) in [5, 5.41) is 2.50. The summed E-state index contributed by atoms with van der Waals surface area (Å²) >= 11 is 3.26. The Hall–Kier alpha value is -0.790. The molecule has 1 rings (SSSR count). The fourth-order valence-electron chi connectivity index (χ4n) is 1.77. The van der Waals surface area contributed by atoms with Gasteiger partial charge in [-0.25, -0.2) is 4.79 Å². The minimum Gasteiger partial charge on any atom is -0.316 e. The van der Waals surface area contributed by atoms with E-state index in [0.717, 1.165) is 11.8 Å². The summed E-state index contributed by atoms with van der Waals surface area (Å²) in [5.74, 6) is -1.01. The molecule has 2 atom stereocenters. The van der Waals surface area contributed by atoms with Crippen molar-refractivity contribution < 1.29 is 22.8 Å². The lowest BCUT2D eigenvalue weighted by molar-refractivity contribution is -0.191. The van der Waals surface area contributed by atoms with Crippen LogP contribution in [-0.4, -0.2) is 40.4 Å². The third-order valence-electron chi connectivity index (χ3n) is 3.29. The Kier molecular flexibility index (Phi) is 4.86. The van der Waals surface area contributed by atoms with E-state index in [2.05, 4.69) is 15.9 Å². The van der Waals surface area contributed by atoms with E-state index in [-0.39, 0.29) is 12.5 Å². The predicted molar refractivity (Wildman–Crippen MR) is 66.9 cm³/mol. The first-order chi connectivity index (χ1) is 8.63. The average Bonchev–Trinajstić information content (AvgIpc) is 2.48. The standard InChI is InChI=1S/C11H16BrF3N2O2/c1-7(3-5-12)4-6-17-8(18)10(2,11(13,14)15)16-9(17)19/h7H,3-6H2,1-2H3,(H,16,19). The molecule has 0 aromatic heterocycles. The Labute approximate surface area is 117 Å². The number of amides is 3. The van der Waals surface area contributed by atoms with Crippen LogP contribution >= 0.6 is 15.9 Å². The minimum atomic E-state index is -4.80. The lowest BCUT2D eigenvalue weighted by Gasteiger charge is -2.24. The number of nitrogens with zero attached hydrogens (tertiary/aromatic N) is 1. The van der Waals surface area contributed by atoms with Gasteiger partial charge in [0, 0.05) is 11.9 Å². The van der Waals surface area contributed by atoms with Crippen molar-refractivity contribution in [3.63, 3.8) is 0 Å². The maximum absolute atomic E-state index is 12.8. The second-order valence-corrected chi connectivity index (χ2v) is 5.67. The monoisotopic (exact) mass is 344 g/mol. The maximum Gasteiger partial charge on any atom is 0.420 e. The number of alkyl halides is 4. The first-order valence-electron chi connectivity index (χ1n) is 5.90. The zero-order chi connectivity index (χ0) is 14.8. The molecule has 1 N–H and O–H groups in total. The molecule has 1 aliphatic heterocycles. The van der Waals surface area contributed by atoms with Crippen LogP contribution in [0.15, 0.2) is 0 Å². The zero-order valence-electron chi connectivity index (χ0n) is 10.7. The molecule has 0 aromatic carbocycles. The quantitative estimate of drug-likeness (QED) is 0.615. The van der Waals surface area contributed by atoms with Gasteiger partial charge < -0.3 is 5.32 Å². The highest BCUT2D eigenvalue weighted by molar-refractivity contribution is 9.09. The molecule has 19 heavy (non-hydrogen) atoms. The average molecular weight is 345 g/mol. The number of rotatable bonds is 5. The Morgan fingerprint density at radius 3 is 2.37 bits per heavy atom. The fourth-order valence-corrected chi connectivity index (χ4v) is 2.55. The number of carbonyl (C=O) groups is 2. The zero-order valence-corrected chi connectivity index (χ0v) is 12.3. The molecule has 0 bridgehead atoms. The second kappa shape index (κ2) is 5.68. The van der Waals surface area contributed by atoms with Gasteiger partial charge in [0.2, 0.25) is 5.54 Å². The van der Waals surface area contributed by atoms with Crippen molar-refractivity contribution in [2.75, 3.05) is 11.9 Å². The van der Waals surface area contributed by atoms with Crippen LogP contribution in [0.4, 0.5) is 18.0 Å². The van der Waals surface area contributed by atoms with E-state index in [1.807, 2.05) is 6.92 Å². The van der Waals surface area contributed by atoms with Crippen molar-refractivity contribution in [3.05, 3.63) is 0 Å². The number of urea groups is 1. The number of halogens is 4. The summed E-state index contributed by atoms with van der Waals surface area (Å²) in [6, 6.07) is -0.976. The predicted octanol–water partition coefficient (Wildman–Crippen LogP) is 2.67. The van der Waals surface area contributed by atoms with Crippen LogP contribution < -0.4 is 5.32 Å². The highest BCUT2D eigenvalue weighted by Crippen LogP contribution is 2.35. The molecule has 1 heterocycles. The van der Waals surface area contributed by atoms with Gasteiger partial charge in [-0.3, -0.25) is 9.69 Å². The van der Waals surface area contributed by atoms with Gasteiger partial charge in [0.05, 0.1) is 0 Å². The number of carbonyl (C=O) groups excluding carboxylic acids is 2. The summed E-state index contributed by atoms with van der Waals surface area (Å²) < 4.78 is 38.4. The molecular formula is C11H16BrF3N2O2. The molecule has 1 saturated heterocycles. The van der Waals surface area contributed by atoms with Crippen molar-refractivity contribution >= 4 is 27.9 Å². The van der Waals surface area contributed by atoms with E-state index < -0.39 is 23.7 Å². The Bertz CT molecular complexity index is 375. The van der Waals surface area contributed by atoms with Crippen LogP contribution in [0.5, 0.6) is 0 Å². The number of imide groups is 1. The minimum absolute atomic E-state index is 0.00447. The van der Waals surface area contributed by atoms with E-state index in [1.54, 1.807) is 5.32 Å². The van der Waals surface area contributed by atoms with Gasteiger partial charge in [0.15, 0.2) is 0 Å². The summed E-state index contributed by atoms with van der Waals surface area (Å²) in [4.78, 5) is 23.9. The summed E-state index contributed by atoms with van der Waals surface area (Å²) in [7, 11) is 0. The van der Waals surface area contributed by atoms with Crippen molar-refractivity contribution in [2.45, 2.75) is 38.4 Å². The first kappa shape index (κ1) is 16.3. The Morgan fingerprint density at radius 1 is 1.37 bits per heavy atom. The third-order valence-corrected chi connectivity index (χ3v) is 3.75. The van der Waals surface area contributed by atoms with Gasteiger partial charge in [0.25, 0.3) is 5.91 Å². The van der Waals surface area contributed by atoms with Crippen molar-refractivity contribution in [1.82, 2.24) is 10.2 Å². The van der Waals surface area contributed by atoms with Crippen LogP contribution in [0.1, 0.15) is 26.7 Å². The Balaban J connectivity index is 2.72. The van der Waals surface area contributed by atoms with Gasteiger partial charge in [-0.05, 0) is 25.7 Å². The highest BCUT2D eigenvalue weighted by atomic mass is 79.9. The van der Waals surface area contributed by atoms with Crippen molar-refractivity contribution in [1.29, 1.82) is 0 Å². The van der Waals surface area contributed by atoms with Crippen molar-refractivity contribution in [3.8, 4) is 0 Å². The topological polar surface area (TPSA) is 49.4 Å². The van der Waals surface area contributed by atoms with Crippen LogP contribution in [0.25, 0.3) is 0 Å². The molecule has 0 radical (unpaired) electrons. The molecule has 0 aromatic rings. The number of hydrogen-bond donors (Lipinski definition) is 1. The maximum atomic E-state index is 12.8. The molecule has 1 aliphatic rings. The van der Waals surface area contributed by atoms with Crippen LogP contribution in [0.3, 0.4) is 0 Å². The van der Waals surface area contributed by atoms with Gasteiger partial charge in [-0.15, -0.1) is 0 Å². The third kappa shape index (κ3) is 3.21. The number of nitrogens with one attached hydrogen (secondary N) is 1. The molecular weight excluding hydrogens is 329 g/mol.